The largest absolute Gasteiger partial charge is 0.497 e. The van der Waals surface area contributed by atoms with E-state index in [1.807, 2.05) is 30.3 Å². The molecule has 35 heavy (non-hydrogen) atoms. The molecule has 6 rings (SSSR count). The van der Waals surface area contributed by atoms with Gasteiger partial charge in [0.25, 0.3) is 5.79 Å². The molecule has 0 amide bonds. The number of fused-ring (bicyclic) bond motifs is 2. The Hall–Kier alpha value is -4.36. The van der Waals surface area contributed by atoms with E-state index in [1.165, 1.54) is 0 Å². The molecule has 0 bridgehead atoms. The van der Waals surface area contributed by atoms with Crippen molar-refractivity contribution in [3.8, 4) is 17.2 Å². The third-order valence-corrected chi connectivity index (χ3v) is 6.33. The second-order valence-electron chi connectivity index (χ2n) is 8.40. The first-order valence-electron chi connectivity index (χ1n) is 11.1. The summed E-state index contributed by atoms with van der Waals surface area (Å²) in [7, 11) is 1.56. The van der Waals surface area contributed by atoms with Crippen LogP contribution in [0.1, 0.15) is 16.7 Å². The molecule has 0 saturated carbocycles. The lowest BCUT2D eigenvalue weighted by atomic mass is 9.88. The summed E-state index contributed by atoms with van der Waals surface area (Å²) in [6, 6.07) is 21.9. The van der Waals surface area contributed by atoms with E-state index in [9.17, 15) is 9.90 Å². The summed E-state index contributed by atoms with van der Waals surface area (Å²) in [4.78, 5) is 17.8. The van der Waals surface area contributed by atoms with Gasteiger partial charge in [-0.25, -0.2) is 4.79 Å². The second kappa shape index (κ2) is 8.14. The van der Waals surface area contributed by atoms with E-state index >= 15 is 0 Å². The second-order valence-corrected chi connectivity index (χ2v) is 8.40. The molecule has 2 aliphatic rings. The van der Waals surface area contributed by atoms with Crippen LogP contribution in [-0.2, 0) is 21.7 Å². The van der Waals surface area contributed by atoms with E-state index in [0.29, 0.717) is 33.9 Å². The van der Waals surface area contributed by atoms with Crippen molar-refractivity contribution in [2.24, 2.45) is 0 Å². The summed E-state index contributed by atoms with van der Waals surface area (Å²) < 4.78 is 21.9. The van der Waals surface area contributed by atoms with Gasteiger partial charge in [0.05, 0.1) is 18.2 Å². The van der Waals surface area contributed by atoms with Crippen LogP contribution in [0.5, 0.6) is 17.2 Å². The summed E-state index contributed by atoms with van der Waals surface area (Å²) in [5.74, 6) is -0.811. The van der Waals surface area contributed by atoms with Gasteiger partial charge in [0.1, 0.15) is 5.75 Å². The fraction of sp³-hybridized carbons (Fsp3) is 0.143. The summed E-state index contributed by atoms with van der Waals surface area (Å²) in [5.41, 5.74) is 3.41. The van der Waals surface area contributed by atoms with E-state index in [2.05, 4.69) is 4.98 Å². The fourth-order valence-electron chi connectivity index (χ4n) is 4.56. The molecule has 174 valence electrons. The summed E-state index contributed by atoms with van der Waals surface area (Å²) in [6.07, 6.45) is 2.00. The van der Waals surface area contributed by atoms with Crippen molar-refractivity contribution in [3.05, 3.63) is 101 Å². The smallest absolute Gasteiger partial charge is 0.342 e. The van der Waals surface area contributed by atoms with Gasteiger partial charge < -0.3 is 24.1 Å². The van der Waals surface area contributed by atoms with Crippen LogP contribution < -0.4 is 14.2 Å². The van der Waals surface area contributed by atoms with Crippen molar-refractivity contribution in [1.82, 2.24) is 4.98 Å². The van der Waals surface area contributed by atoms with Crippen LogP contribution in [-0.4, -0.2) is 30.0 Å². The number of nitrogens with zero attached hydrogens (tertiary/aromatic N) is 1. The van der Waals surface area contributed by atoms with Crippen LogP contribution in [0.4, 0.5) is 0 Å². The van der Waals surface area contributed by atoms with Crippen molar-refractivity contribution in [2.75, 3.05) is 13.9 Å². The number of pyridine rings is 1. The van der Waals surface area contributed by atoms with Gasteiger partial charge in [-0.15, -0.1) is 0 Å². The third kappa shape index (κ3) is 3.57. The Bertz CT molecular complexity index is 1490. The average molecular weight is 467 g/mol. The fourth-order valence-corrected chi connectivity index (χ4v) is 4.56. The zero-order valence-electron chi connectivity index (χ0n) is 18.9. The molecular formula is C28H21NO6. The van der Waals surface area contributed by atoms with Gasteiger partial charge in [-0.2, -0.15) is 0 Å². The predicted molar refractivity (Wildman–Crippen MR) is 128 cm³/mol. The minimum Gasteiger partial charge on any atom is -0.497 e. The van der Waals surface area contributed by atoms with Gasteiger partial charge >= 0.3 is 5.97 Å². The maximum absolute atomic E-state index is 13.2. The van der Waals surface area contributed by atoms with Crippen LogP contribution in [0.25, 0.3) is 16.5 Å². The molecule has 0 spiro atoms. The lowest BCUT2D eigenvalue weighted by Crippen LogP contribution is -2.29. The number of carbonyl (C=O) groups excluding carboxylic acids is 1. The van der Waals surface area contributed by atoms with Gasteiger partial charge in [0, 0.05) is 29.1 Å². The Morgan fingerprint density at radius 3 is 2.63 bits per heavy atom. The van der Waals surface area contributed by atoms with Crippen LogP contribution >= 0.6 is 0 Å². The number of esters is 1. The highest BCUT2D eigenvalue weighted by atomic mass is 16.7. The number of hydrogen-bond acceptors (Lipinski definition) is 7. The molecule has 0 saturated heterocycles. The number of benzene rings is 3. The van der Waals surface area contributed by atoms with Gasteiger partial charge in [0.2, 0.25) is 6.79 Å². The number of rotatable bonds is 5. The van der Waals surface area contributed by atoms with E-state index in [1.54, 1.807) is 55.8 Å². The molecule has 3 aromatic carbocycles. The van der Waals surface area contributed by atoms with Gasteiger partial charge in [-0.1, -0.05) is 24.3 Å². The van der Waals surface area contributed by atoms with Crippen molar-refractivity contribution in [1.29, 1.82) is 0 Å². The van der Waals surface area contributed by atoms with E-state index in [4.69, 9.17) is 18.9 Å². The molecule has 1 aromatic heterocycles. The molecule has 1 unspecified atom stereocenters. The standard InChI is InChI=1S/C28H21NO6/c1-32-21-9-7-20(8-10-21)28(31)22(13-17-12-18-4-2-3-5-23(18)29-15-17)26(27(30)35-28)19-6-11-24-25(14-19)34-16-33-24/h2-12,14-15,31H,13,16H2,1H3. The lowest BCUT2D eigenvalue weighted by molar-refractivity contribution is -0.185. The topological polar surface area (TPSA) is 87.1 Å². The summed E-state index contributed by atoms with van der Waals surface area (Å²) in [5, 5.41) is 12.8. The average Bonchev–Trinajstić information content (AvgIpc) is 3.45. The van der Waals surface area contributed by atoms with E-state index in [-0.39, 0.29) is 18.8 Å². The molecule has 0 aliphatic carbocycles. The molecule has 7 heteroatoms. The van der Waals surface area contributed by atoms with Crippen molar-refractivity contribution in [3.63, 3.8) is 0 Å². The zero-order valence-corrected chi connectivity index (χ0v) is 18.9. The Labute approximate surface area is 201 Å². The zero-order chi connectivity index (χ0) is 24.0. The maximum atomic E-state index is 13.2. The van der Waals surface area contributed by atoms with Crippen molar-refractivity contribution in [2.45, 2.75) is 12.2 Å². The molecule has 0 radical (unpaired) electrons. The first-order valence-corrected chi connectivity index (χ1v) is 11.1. The van der Waals surface area contributed by atoms with Crippen molar-refractivity contribution >= 4 is 22.4 Å². The quantitative estimate of drug-likeness (QED) is 0.436. The number of carbonyl (C=O) groups is 1. The minimum absolute atomic E-state index is 0.119. The molecule has 3 heterocycles. The van der Waals surface area contributed by atoms with Gasteiger partial charge in [-0.3, -0.25) is 4.98 Å². The molecule has 4 aromatic rings. The molecule has 7 nitrogen and oxygen atoms in total. The Morgan fingerprint density at radius 1 is 1.00 bits per heavy atom. The summed E-state index contributed by atoms with van der Waals surface area (Å²) in [6.45, 7) is 0.119. The van der Waals surface area contributed by atoms with Gasteiger partial charge in [0.15, 0.2) is 11.5 Å². The van der Waals surface area contributed by atoms with Crippen LogP contribution in [0.15, 0.2) is 84.6 Å². The molecule has 2 aliphatic heterocycles. The van der Waals surface area contributed by atoms with Gasteiger partial charge in [-0.05, 0) is 59.7 Å². The predicted octanol–water partition coefficient (Wildman–Crippen LogP) is 4.37. The Morgan fingerprint density at radius 2 is 1.80 bits per heavy atom. The molecule has 1 atom stereocenters. The number of para-hydroxylation sites is 1. The maximum Gasteiger partial charge on any atom is 0.342 e. The van der Waals surface area contributed by atoms with E-state index < -0.39 is 11.8 Å². The SMILES string of the molecule is COc1ccc(C2(O)OC(=O)C(c3ccc4c(c3)OCO4)=C2Cc2cnc3ccccc3c2)cc1. The third-order valence-electron chi connectivity index (χ3n) is 6.33. The number of methoxy groups -OCH3 is 1. The minimum atomic E-state index is -1.96. The molecular weight excluding hydrogens is 446 g/mol. The van der Waals surface area contributed by atoms with Crippen molar-refractivity contribution < 1.29 is 28.8 Å². The van der Waals surface area contributed by atoms with Crippen LogP contribution in [0, 0.1) is 0 Å². The molecule has 1 N–H and O–H groups in total. The number of aromatic nitrogens is 1. The highest BCUT2D eigenvalue weighted by Crippen LogP contribution is 2.46. The van der Waals surface area contributed by atoms with E-state index in [0.717, 1.165) is 16.5 Å². The monoisotopic (exact) mass is 467 g/mol. The normalized spacial score (nSPS) is 18.7. The Balaban J connectivity index is 1.51. The highest BCUT2D eigenvalue weighted by Gasteiger charge is 2.48. The highest BCUT2D eigenvalue weighted by molar-refractivity contribution is 6.20. The first kappa shape index (κ1) is 21.2. The van der Waals surface area contributed by atoms with Crippen LogP contribution in [0.3, 0.4) is 0 Å². The number of ether oxygens (including phenoxy) is 4. The lowest BCUT2D eigenvalue weighted by Gasteiger charge is -2.26. The number of cyclic esters (lactones) is 1. The van der Waals surface area contributed by atoms with Crippen LogP contribution in [0.2, 0.25) is 0 Å². The summed E-state index contributed by atoms with van der Waals surface area (Å²) >= 11 is 0. The number of hydrogen-bond donors (Lipinski definition) is 1. The number of aliphatic hydroxyl groups is 1. The molecule has 0 fully saturated rings. The first-order chi connectivity index (χ1) is 17.0. The Kier molecular flexibility index (Phi) is 4.93.